The Kier molecular flexibility index (Phi) is 9.29. The molecule has 0 aliphatic carbocycles. The SMILES string of the molecule is COc1ccn2nc(C)c(C(=O)NCc3ccc(N4C[C@H](C)N(c5ccc(OC(F)(F)F)cc5)C[C@H]4C)c(F)c3)c2c1.Cl. The number of aryl methyl sites for hydroxylation is 1. The number of carbonyl (C=O) groups excluding carboxylic acids is 1. The Hall–Kier alpha value is -4.19. The van der Waals surface area contributed by atoms with Gasteiger partial charge in [0.1, 0.15) is 17.3 Å². The van der Waals surface area contributed by atoms with Crippen molar-refractivity contribution in [2.45, 2.75) is 45.8 Å². The zero-order valence-electron chi connectivity index (χ0n) is 24.0. The highest BCUT2D eigenvalue weighted by Gasteiger charge is 2.33. The first-order valence-electron chi connectivity index (χ1n) is 13.4. The summed E-state index contributed by atoms with van der Waals surface area (Å²) in [6.07, 6.45) is -3.03. The van der Waals surface area contributed by atoms with Gasteiger partial charge < -0.3 is 24.6 Å². The van der Waals surface area contributed by atoms with Crippen LogP contribution in [0, 0.1) is 12.7 Å². The van der Waals surface area contributed by atoms with E-state index in [4.69, 9.17) is 4.74 Å². The second-order valence-electron chi connectivity index (χ2n) is 10.4. The van der Waals surface area contributed by atoms with Gasteiger partial charge in [-0.05, 0) is 68.8 Å². The molecule has 43 heavy (non-hydrogen) atoms. The lowest BCUT2D eigenvalue weighted by atomic mass is 10.0. The summed E-state index contributed by atoms with van der Waals surface area (Å²) in [7, 11) is 1.55. The zero-order chi connectivity index (χ0) is 30.2. The second-order valence-corrected chi connectivity index (χ2v) is 10.4. The lowest BCUT2D eigenvalue weighted by Gasteiger charge is -2.46. The molecule has 0 saturated carbocycles. The molecule has 13 heteroatoms. The van der Waals surface area contributed by atoms with Gasteiger partial charge in [0.2, 0.25) is 0 Å². The first kappa shape index (κ1) is 31.7. The molecule has 2 aromatic carbocycles. The molecule has 0 bridgehead atoms. The van der Waals surface area contributed by atoms with Crippen LogP contribution in [0.2, 0.25) is 0 Å². The Bertz CT molecular complexity index is 1600. The van der Waals surface area contributed by atoms with Crippen molar-refractivity contribution in [2.24, 2.45) is 0 Å². The number of rotatable bonds is 7. The summed E-state index contributed by atoms with van der Waals surface area (Å²) in [6, 6.07) is 14.1. The smallest absolute Gasteiger partial charge is 0.497 e. The Balaban J connectivity index is 0.00000423. The molecule has 1 fully saturated rings. The van der Waals surface area contributed by atoms with Crippen molar-refractivity contribution in [3.63, 3.8) is 0 Å². The minimum Gasteiger partial charge on any atom is -0.497 e. The van der Waals surface area contributed by atoms with Crippen molar-refractivity contribution in [3.05, 3.63) is 83.4 Å². The summed E-state index contributed by atoms with van der Waals surface area (Å²) in [6.45, 7) is 6.89. The third-order valence-corrected chi connectivity index (χ3v) is 7.41. The topological polar surface area (TPSA) is 71.3 Å². The van der Waals surface area contributed by atoms with E-state index in [1.807, 2.05) is 18.7 Å². The summed E-state index contributed by atoms with van der Waals surface area (Å²) in [5.41, 5.74) is 3.42. The minimum atomic E-state index is -4.75. The molecule has 4 aromatic rings. The van der Waals surface area contributed by atoms with Gasteiger partial charge in [0, 0.05) is 49.7 Å². The van der Waals surface area contributed by atoms with E-state index in [0.29, 0.717) is 46.9 Å². The molecule has 8 nitrogen and oxygen atoms in total. The summed E-state index contributed by atoms with van der Waals surface area (Å²) in [5.74, 6) is -0.401. The lowest BCUT2D eigenvalue weighted by Crippen LogP contribution is -2.57. The number of halogens is 5. The predicted octanol–water partition coefficient (Wildman–Crippen LogP) is 6.14. The average molecular weight is 622 g/mol. The van der Waals surface area contributed by atoms with Gasteiger partial charge in [-0.15, -0.1) is 25.6 Å². The second kappa shape index (κ2) is 12.6. The van der Waals surface area contributed by atoms with Gasteiger partial charge in [-0.3, -0.25) is 4.79 Å². The van der Waals surface area contributed by atoms with E-state index in [1.165, 1.54) is 18.2 Å². The van der Waals surface area contributed by atoms with E-state index < -0.39 is 12.2 Å². The number of amides is 1. The van der Waals surface area contributed by atoms with Crippen LogP contribution >= 0.6 is 12.4 Å². The first-order chi connectivity index (χ1) is 19.9. The van der Waals surface area contributed by atoms with Crippen LogP contribution in [0.25, 0.3) is 5.52 Å². The van der Waals surface area contributed by atoms with Crippen LogP contribution < -0.4 is 24.6 Å². The van der Waals surface area contributed by atoms with Crippen LogP contribution in [0.15, 0.2) is 60.8 Å². The standard InChI is InChI=1S/C30H31F4N5O3.ClH/c1-18-17-38(19(2)16-37(18)22-6-8-23(9-7-22)42-30(32,33)34)26-10-5-21(13-25(26)31)15-35-29(40)28-20(3)36-39-12-11-24(41-4)14-27(28)39;/h5-14,18-19H,15-17H2,1-4H3,(H,35,40);1H/t18-,19+;/m0./s1. The van der Waals surface area contributed by atoms with E-state index in [9.17, 15) is 18.0 Å². The molecule has 5 rings (SSSR count). The Morgan fingerprint density at radius 3 is 2.33 bits per heavy atom. The van der Waals surface area contributed by atoms with Gasteiger partial charge in [-0.2, -0.15) is 5.10 Å². The number of aromatic nitrogens is 2. The van der Waals surface area contributed by atoms with Crippen molar-refractivity contribution in [2.75, 3.05) is 30.0 Å². The number of benzene rings is 2. The van der Waals surface area contributed by atoms with Crippen LogP contribution in [0.4, 0.5) is 28.9 Å². The molecule has 1 aliphatic rings. The van der Waals surface area contributed by atoms with Crippen molar-refractivity contribution in [1.29, 1.82) is 0 Å². The van der Waals surface area contributed by atoms with Crippen LogP contribution in [0.3, 0.4) is 0 Å². The molecule has 3 heterocycles. The van der Waals surface area contributed by atoms with E-state index >= 15 is 4.39 Å². The van der Waals surface area contributed by atoms with Gasteiger partial charge in [0.15, 0.2) is 0 Å². The molecule has 1 amide bonds. The third kappa shape index (κ3) is 6.90. The first-order valence-corrected chi connectivity index (χ1v) is 13.4. The molecule has 0 radical (unpaired) electrons. The van der Waals surface area contributed by atoms with Crippen molar-refractivity contribution < 1.29 is 31.8 Å². The number of alkyl halides is 3. The fraction of sp³-hybridized carbons (Fsp3) is 0.333. The Morgan fingerprint density at radius 1 is 1.00 bits per heavy atom. The maximum atomic E-state index is 15.4. The van der Waals surface area contributed by atoms with E-state index in [0.717, 1.165) is 5.69 Å². The largest absolute Gasteiger partial charge is 0.573 e. The summed E-state index contributed by atoms with van der Waals surface area (Å²) >= 11 is 0. The van der Waals surface area contributed by atoms with Crippen LogP contribution in [0.5, 0.6) is 11.5 Å². The van der Waals surface area contributed by atoms with Crippen LogP contribution in [-0.2, 0) is 6.54 Å². The van der Waals surface area contributed by atoms with Crippen molar-refractivity contribution >= 4 is 35.2 Å². The maximum Gasteiger partial charge on any atom is 0.573 e. The number of piperazine rings is 1. The number of pyridine rings is 1. The van der Waals surface area contributed by atoms with E-state index in [-0.39, 0.29) is 42.7 Å². The number of nitrogens with one attached hydrogen (secondary N) is 1. The molecular formula is C30H32ClF4N5O3. The number of hydrogen-bond acceptors (Lipinski definition) is 6. The van der Waals surface area contributed by atoms with Gasteiger partial charge in [0.05, 0.1) is 29.6 Å². The molecule has 1 N–H and O–H groups in total. The Labute approximate surface area is 252 Å². The van der Waals surface area contributed by atoms with Gasteiger partial charge in [-0.25, -0.2) is 8.91 Å². The number of anilines is 2. The fourth-order valence-electron chi connectivity index (χ4n) is 5.38. The van der Waals surface area contributed by atoms with Gasteiger partial charge in [-0.1, -0.05) is 6.07 Å². The highest BCUT2D eigenvalue weighted by molar-refractivity contribution is 6.02. The third-order valence-electron chi connectivity index (χ3n) is 7.41. The number of fused-ring (bicyclic) bond motifs is 1. The van der Waals surface area contributed by atoms with Crippen molar-refractivity contribution in [3.8, 4) is 11.5 Å². The number of nitrogens with zero attached hydrogens (tertiary/aromatic N) is 4. The van der Waals surface area contributed by atoms with Crippen LogP contribution in [0.1, 0.15) is 35.5 Å². The quantitative estimate of drug-likeness (QED) is 0.250. The normalized spacial score (nSPS) is 17.0. The molecule has 0 unspecified atom stereocenters. The lowest BCUT2D eigenvalue weighted by molar-refractivity contribution is -0.274. The predicted molar refractivity (Wildman–Crippen MR) is 158 cm³/mol. The number of carbonyl (C=O) groups is 1. The Morgan fingerprint density at radius 2 is 1.67 bits per heavy atom. The molecule has 0 spiro atoms. The molecular weight excluding hydrogens is 590 g/mol. The number of ether oxygens (including phenoxy) is 2. The molecule has 230 valence electrons. The van der Waals surface area contributed by atoms with E-state index in [2.05, 4.69) is 20.1 Å². The molecule has 2 aromatic heterocycles. The fourth-order valence-corrected chi connectivity index (χ4v) is 5.38. The maximum absolute atomic E-state index is 15.4. The summed E-state index contributed by atoms with van der Waals surface area (Å²) in [5, 5.41) is 7.24. The number of methoxy groups -OCH3 is 1. The highest BCUT2D eigenvalue weighted by atomic mass is 35.5. The summed E-state index contributed by atoms with van der Waals surface area (Å²) < 4.78 is 63.7. The van der Waals surface area contributed by atoms with Gasteiger partial charge >= 0.3 is 6.36 Å². The summed E-state index contributed by atoms with van der Waals surface area (Å²) in [4.78, 5) is 17.1. The minimum absolute atomic E-state index is 0. The zero-order valence-corrected chi connectivity index (χ0v) is 24.8. The van der Waals surface area contributed by atoms with Crippen molar-refractivity contribution in [1.82, 2.24) is 14.9 Å². The van der Waals surface area contributed by atoms with Gasteiger partial charge in [0.25, 0.3) is 5.91 Å². The molecule has 1 aliphatic heterocycles. The monoisotopic (exact) mass is 621 g/mol. The number of hydrogen-bond donors (Lipinski definition) is 1. The highest BCUT2D eigenvalue weighted by Crippen LogP contribution is 2.31. The molecule has 1 saturated heterocycles. The van der Waals surface area contributed by atoms with Crippen LogP contribution in [-0.4, -0.2) is 54.2 Å². The van der Waals surface area contributed by atoms with E-state index in [1.54, 1.807) is 61.1 Å². The molecule has 2 atom stereocenters. The average Bonchev–Trinajstić information content (AvgIpc) is 3.27.